The maximum Gasteiger partial charge on any atom is 0.313 e. The van der Waals surface area contributed by atoms with Crippen LogP contribution in [0.5, 0.6) is 5.75 Å². The van der Waals surface area contributed by atoms with Gasteiger partial charge in [-0.05, 0) is 32.0 Å². The van der Waals surface area contributed by atoms with E-state index in [1.165, 1.54) is 0 Å². The van der Waals surface area contributed by atoms with Gasteiger partial charge in [-0.25, -0.2) is 0 Å². The lowest BCUT2D eigenvalue weighted by Crippen LogP contribution is -2.03. The summed E-state index contributed by atoms with van der Waals surface area (Å²) in [6.45, 7) is 4.69. The van der Waals surface area contributed by atoms with Crippen LogP contribution in [0.1, 0.15) is 18.2 Å². The van der Waals surface area contributed by atoms with Crippen LogP contribution < -0.4 is 10.1 Å². The Labute approximate surface area is 122 Å². The van der Waals surface area contributed by atoms with E-state index >= 15 is 0 Å². The minimum Gasteiger partial charge on any atom is -0.480 e. The number of hydrogen-bond donors (Lipinski definition) is 1. The largest absolute Gasteiger partial charge is 0.480 e. The van der Waals surface area contributed by atoms with Gasteiger partial charge < -0.3 is 10.1 Å². The quantitative estimate of drug-likeness (QED) is 0.651. The van der Waals surface area contributed by atoms with Crippen molar-refractivity contribution < 1.29 is 9.66 Å². The van der Waals surface area contributed by atoms with Crippen molar-refractivity contribution in [1.82, 2.24) is 4.98 Å². The summed E-state index contributed by atoms with van der Waals surface area (Å²) in [5.74, 6) is 0.260. The van der Waals surface area contributed by atoms with Crippen LogP contribution in [0, 0.1) is 17.0 Å². The standard InChI is InChI=1S/C15H17N3O3/c1-3-16-12-7-8-17-13(9-12)10-21-14-6-4-5-11(2)15(14)18(19)20/h4-9H,3,10H2,1-2H3,(H,16,17). The molecule has 21 heavy (non-hydrogen) atoms. The highest BCUT2D eigenvalue weighted by Gasteiger charge is 2.18. The lowest BCUT2D eigenvalue weighted by Gasteiger charge is -2.09. The highest BCUT2D eigenvalue weighted by Crippen LogP contribution is 2.30. The zero-order chi connectivity index (χ0) is 15.2. The molecular weight excluding hydrogens is 270 g/mol. The molecule has 1 N–H and O–H groups in total. The first-order chi connectivity index (χ1) is 10.1. The van der Waals surface area contributed by atoms with Crippen LogP contribution in [0.4, 0.5) is 11.4 Å². The third kappa shape index (κ3) is 3.68. The van der Waals surface area contributed by atoms with Crippen molar-refractivity contribution in [2.45, 2.75) is 20.5 Å². The van der Waals surface area contributed by atoms with Crippen LogP contribution in [-0.4, -0.2) is 16.5 Å². The molecule has 2 rings (SSSR count). The Morgan fingerprint density at radius 1 is 1.38 bits per heavy atom. The predicted octanol–water partition coefficient (Wildman–Crippen LogP) is 3.31. The molecule has 0 bridgehead atoms. The summed E-state index contributed by atoms with van der Waals surface area (Å²) in [6, 6.07) is 8.75. The van der Waals surface area contributed by atoms with Crippen LogP contribution in [0.25, 0.3) is 0 Å². The molecule has 0 atom stereocenters. The number of rotatable bonds is 6. The second kappa shape index (κ2) is 6.69. The molecule has 6 nitrogen and oxygen atoms in total. The Morgan fingerprint density at radius 2 is 2.19 bits per heavy atom. The summed E-state index contributed by atoms with van der Waals surface area (Å²) in [5.41, 5.74) is 2.24. The molecule has 0 aliphatic heterocycles. The fraction of sp³-hybridized carbons (Fsp3) is 0.267. The number of nitrogens with one attached hydrogen (secondary N) is 1. The Balaban J connectivity index is 2.15. The highest BCUT2D eigenvalue weighted by atomic mass is 16.6. The molecule has 1 aromatic carbocycles. The number of pyridine rings is 1. The van der Waals surface area contributed by atoms with Crippen molar-refractivity contribution in [2.75, 3.05) is 11.9 Å². The SMILES string of the molecule is CCNc1ccnc(COc2cccc(C)c2[N+](=O)[O-])c1. The lowest BCUT2D eigenvalue weighted by atomic mass is 10.2. The fourth-order valence-corrected chi connectivity index (χ4v) is 2.01. The van der Waals surface area contributed by atoms with Crippen molar-refractivity contribution in [3.05, 3.63) is 57.9 Å². The van der Waals surface area contributed by atoms with Crippen LogP contribution in [0.15, 0.2) is 36.5 Å². The first-order valence-electron chi connectivity index (χ1n) is 6.67. The van der Waals surface area contributed by atoms with E-state index in [1.807, 2.05) is 19.1 Å². The molecule has 0 fully saturated rings. The summed E-state index contributed by atoms with van der Waals surface area (Å²) < 4.78 is 5.57. The number of anilines is 1. The molecule has 0 radical (unpaired) electrons. The highest BCUT2D eigenvalue weighted by molar-refractivity contribution is 5.52. The van der Waals surface area contributed by atoms with Crippen LogP contribution >= 0.6 is 0 Å². The minimum atomic E-state index is -0.423. The van der Waals surface area contributed by atoms with E-state index in [2.05, 4.69) is 10.3 Å². The number of hydrogen-bond acceptors (Lipinski definition) is 5. The zero-order valence-electron chi connectivity index (χ0n) is 12.0. The molecule has 0 spiro atoms. The first-order valence-corrected chi connectivity index (χ1v) is 6.67. The van der Waals surface area contributed by atoms with Gasteiger partial charge in [0.25, 0.3) is 0 Å². The molecule has 0 amide bonds. The maximum absolute atomic E-state index is 11.1. The third-order valence-electron chi connectivity index (χ3n) is 2.96. The first kappa shape index (κ1) is 14.8. The van der Waals surface area contributed by atoms with E-state index in [1.54, 1.807) is 31.3 Å². The number of para-hydroxylation sites is 1. The molecule has 6 heteroatoms. The topological polar surface area (TPSA) is 77.3 Å². The number of nitro groups is 1. The lowest BCUT2D eigenvalue weighted by molar-refractivity contribution is -0.386. The second-order valence-electron chi connectivity index (χ2n) is 4.53. The molecule has 0 saturated heterocycles. The number of benzene rings is 1. The van der Waals surface area contributed by atoms with Crippen LogP contribution in [-0.2, 0) is 6.61 Å². The number of nitro benzene ring substituents is 1. The Hall–Kier alpha value is -2.63. The van der Waals surface area contributed by atoms with Crippen molar-refractivity contribution in [3.8, 4) is 5.75 Å². The van der Waals surface area contributed by atoms with Gasteiger partial charge in [0.2, 0.25) is 0 Å². The molecule has 1 aromatic heterocycles. The molecule has 110 valence electrons. The molecule has 0 unspecified atom stereocenters. The zero-order valence-corrected chi connectivity index (χ0v) is 12.0. The number of aromatic nitrogens is 1. The summed E-state index contributed by atoms with van der Waals surface area (Å²) in [5, 5.41) is 14.3. The van der Waals surface area contributed by atoms with E-state index in [4.69, 9.17) is 4.74 Å². The van der Waals surface area contributed by atoms with Gasteiger partial charge in [-0.2, -0.15) is 0 Å². The normalized spacial score (nSPS) is 10.2. The van der Waals surface area contributed by atoms with Gasteiger partial charge in [0, 0.05) is 24.0 Å². The van der Waals surface area contributed by atoms with Crippen LogP contribution in [0.3, 0.4) is 0 Å². The van der Waals surface area contributed by atoms with Gasteiger partial charge in [0.1, 0.15) is 6.61 Å². The number of ether oxygens (including phenoxy) is 1. The van der Waals surface area contributed by atoms with E-state index in [-0.39, 0.29) is 18.0 Å². The Bertz CT molecular complexity index is 644. The van der Waals surface area contributed by atoms with Crippen molar-refractivity contribution in [3.63, 3.8) is 0 Å². The van der Waals surface area contributed by atoms with Crippen LogP contribution in [0.2, 0.25) is 0 Å². The molecule has 0 saturated carbocycles. The van der Waals surface area contributed by atoms with Gasteiger partial charge in [-0.3, -0.25) is 15.1 Å². The Morgan fingerprint density at radius 3 is 2.90 bits per heavy atom. The molecule has 2 aromatic rings. The minimum absolute atomic E-state index is 0.000313. The summed E-state index contributed by atoms with van der Waals surface area (Å²) in [4.78, 5) is 14.9. The van der Waals surface area contributed by atoms with Gasteiger partial charge in [-0.1, -0.05) is 12.1 Å². The maximum atomic E-state index is 11.1. The molecule has 0 aliphatic carbocycles. The van der Waals surface area contributed by atoms with E-state index < -0.39 is 4.92 Å². The molecular formula is C15H17N3O3. The van der Waals surface area contributed by atoms with Crippen molar-refractivity contribution in [2.24, 2.45) is 0 Å². The van der Waals surface area contributed by atoms with Gasteiger partial charge >= 0.3 is 5.69 Å². The van der Waals surface area contributed by atoms with Crippen molar-refractivity contribution in [1.29, 1.82) is 0 Å². The van der Waals surface area contributed by atoms with E-state index in [0.717, 1.165) is 12.2 Å². The average molecular weight is 287 g/mol. The smallest absolute Gasteiger partial charge is 0.313 e. The molecule has 1 heterocycles. The van der Waals surface area contributed by atoms with E-state index in [0.29, 0.717) is 11.3 Å². The predicted molar refractivity (Wildman–Crippen MR) is 80.6 cm³/mol. The Kier molecular flexibility index (Phi) is 4.71. The second-order valence-corrected chi connectivity index (χ2v) is 4.53. The summed E-state index contributed by atoms with van der Waals surface area (Å²) in [7, 11) is 0. The van der Waals surface area contributed by atoms with Gasteiger partial charge in [-0.15, -0.1) is 0 Å². The number of nitrogens with zero attached hydrogens (tertiary/aromatic N) is 2. The van der Waals surface area contributed by atoms with E-state index in [9.17, 15) is 10.1 Å². The summed E-state index contributed by atoms with van der Waals surface area (Å²) >= 11 is 0. The monoisotopic (exact) mass is 287 g/mol. The van der Waals surface area contributed by atoms with Gasteiger partial charge in [0.05, 0.1) is 10.6 Å². The number of aryl methyl sites for hydroxylation is 1. The summed E-state index contributed by atoms with van der Waals surface area (Å²) in [6.07, 6.45) is 1.68. The average Bonchev–Trinajstić information content (AvgIpc) is 2.45. The van der Waals surface area contributed by atoms with Gasteiger partial charge in [0.15, 0.2) is 5.75 Å². The molecule has 0 aliphatic rings. The third-order valence-corrected chi connectivity index (χ3v) is 2.96. The van der Waals surface area contributed by atoms with Crippen molar-refractivity contribution >= 4 is 11.4 Å². The fourth-order valence-electron chi connectivity index (χ4n) is 2.01.